The maximum Gasteiger partial charge on any atom is 0.306 e. The van der Waals surface area contributed by atoms with Crippen molar-refractivity contribution in [2.45, 2.75) is 323 Å². The normalized spacial score (nSPS) is 12.5. The standard InChI is InChI=1S/C57H110O6/c1-6-8-9-10-11-12-13-14-15-16-20-23-26-32-37-42-47-55(58)61-50-54(63-57(60)49-44-39-34-29-28-31-36-41-46-53(5)7-2)51-62-56(59)48-43-38-33-27-24-21-18-17-19-22-25-30-35-40-45-52(3)4/h52-54H,6-51H2,1-5H3/t53?,54-/m1/s1. The van der Waals surface area contributed by atoms with Crippen LogP contribution in [0.1, 0.15) is 317 Å². The second kappa shape index (κ2) is 49.8. The van der Waals surface area contributed by atoms with Crippen molar-refractivity contribution >= 4 is 17.9 Å². The molecule has 6 heteroatoms. The molecular weight excluding hydrogens is 781 g/mol. The summed E-state index contributed by atoms with van der Waals surface area (Å²) in [6.07, 6.45) is 52.3. The summed E-state index contributed by atoms with van der Waals surface area (Å²) in [5, 5.41) is 0. The Labute approximate surface area is 393 Å². The second-order valence-electron chi connectivity index (χ2n) is 20.3. The zero-order valence-corrected chi connectivity index (χ0v) is 43.2. The lowest BCUT2D eigenvalue weighted by atomic mass is 9.99. The molecule has 0 aromatic heterocycles. The van der Waals surface area contributed by atoms with Crippen LogP contribution < -0.4 is 0 Å². The lowest BCUT2D eigenvalue weighted by Crippen LogP contribution is -2.30. The smallest absolute Gasteiger partial charge is 0.306 e. The summed E-state index contributed by atoms with van der Waals surface area (Å²) in [5.41, 5.74) is 0. The highest BCUT2D eigenvalue weighted by Crippen LogP contribution is 2.18. The number of hydrogen-bond donors (Lipinski definition) is 0. The molecule has 0 saturated carbocycles. The van der Waals surface area contributed by atoms with Gasteiger partial charge >= 0.3 is 17.9 Å². The van der Waals surface area contributed by atoms with Gasteiger partial charge in [-0.15, -0.1) is 0 Å². The van der Waals surface area contributed by atoms with Gasteiger partial charge in [0.2, 0.25) is 0 Å². The van der Waals surface area contributed by atoms with Gasteiger partial charge in [-0.05, 0) is 31.1 Å². The number of carbonyl (C=O) groups excluding carboxylic acids is 3. The third-order valence-corrected chi connectivity index (χ3v) is 13.3. The molecule has 0 saturated heterocycles. The number of ether oxygens (including phenoxy) is 3. The van der Waals surface area contributed by atoms with Gasteiger partial charge < -0.3 is 14.2 Å². The van der Waals surface area contributed by atoms with Crippen LogP contribution in [0.3, 0.4) is 0 Å². The van der Waals surface area contributed by atoms with E-state index in [9.17, 15) is 14.4 Å². The van der Waals surface area contributed by atoms with Crippen molar-refractivity contribution in [1.82, 2.24) is 0 Å². The maximum atomic E-state index is 12.8. The summed E-state index contributed by atoms with van der Waals surface area (Å²) in [5.74, 6) is 0.847. The summed E-state index contributed by atoms with van der Waals surface area (Å²) in [7, 11) is 0. The van der Waals surface area contributed by atoms with E-state index in [1.807, 2.05) is 0 Å². The first-order chi connectivity index (χ1) is 30.8. The minimum atomic E-state index is -0.763. The van der Waals surface area contributed by atoms with Crippen molar-refractivity contribution in [3.05, 3.63) is 0 Å². The Morgan fingerprint density at radius 3 is 0.905 bits per heavy atom. The largest absolute Gasteiger partial charge is 0.462 e. The molecule has 63 heavy (non-hydrogen) atoms. The lowest BCUT2D eigenvalue weighted by Gasteiger charge is -2.18. The van der Waals surface area contributed by atoms with E-state index in [1.165, 1.54) is 205 Å². The van der Waals surface area contributed by atoms with Gasteiger partial charge in [-0.1, -0.05) is 279 Å². The highest BCUT2D eigenvalue weighted by molar-refractivity contribution is 5.71. The van der Waals surface area contributed by atoms with Crippen molar-refractivity contribution in [2.24, 2.45) is 11.8 Å². The highest BCUT2D eigenvalue weighted by atomic mass is 16.6. The molecule has 2 atom stereocenters. The fourth-order valence-electron chi connectivity index (χ4n) is 8.66. The zero-order valence-electron chi connectivity index (χ0n) is 43.2. The Hall–Kier alpha value is -1.59. The topological polar surface area (TPSA) is 78.9 Å². The molecule has 6 nitrogen and oxygen atoms in total. The highest BCUT2D eigenvalue weighted by Gasteiger charge is 2.19. The van der Waals surface area contributed by atoms with Crippen molar-refractivity contribution in [3.63, 3.8) is 0 Å². The van der Waals surface area contributed by atoms with E-state index < -0.39 is 6.10 Å². The van der Waals surface area contributed by atoms with Crippen LogP contribution in [0.25, 0.3) is 0 Å². The molecule has 0 aromatic rings. The molecule has 0 rings (SSSR count). The fourth-order valence-corrected chi connectivity index (χ4v) is 8.66. The third-order valence-electron chi connectivity index (χ3n) is 13.3. The minimum Gasteiger partial charge on any atom is -0.462 e. The summed E-state index contributed by atoms with van der Waals surface area (Å²) < 4.78 is 16.9. The molecule has 0 fully saturated rings. The van der Waals surface area contributed by atoms with Crippen molar-refractivity contribution in [1.29, 1.82) is 0 Å². The van der Waals surface area contributed by atoms with Crippen LogP contribution >= 0.6 is 0 Å². The summed E-state index contributed by atoms with van der Waals surface area (Å²) >= 11 is 0. The van der Waals surface area contributed by atoms with E-state index >= 15 is 0 Å². The number of rotatable bonds is 51. The monoisotopic (exact) mass is 891 g/mol. The third kappa shape index (κ3) is 49.7. The van der Waals surface area contributed by atoms with Gasteiger partial charge in [-0.3, -0.25) is 14.4 Å². The lowest BCUT2D eigenvalue weighted by molar-refractivity contribution is -0.167. The predicted octanol–water partition coefficient (Wildman–Crippen LogP) is 18.5. The average molecular weight is 892 g/mol. The van der Waals surface area contributed by atoms with Crippen LogP contribution in [0.5, 0.6) is 0 Å². The summed E-state index contributed by atoms with van der Waals surface area (Å²) in [6.45, 7) is 11.4. The van der Waals surface area contributed by atoms with E-state index in [-0.39, 0.29) is 31.1 Å². The molecule has 0 radical (unpaired) electrons. The molecule has 1 unspecified atom stereocenters. The van der Waals surface area contributed by atoms with Crippen molar-refractivity contribution < 1.29 is 28.6 Å². The molecule has 374 valence electrons. The van der Waals surface area contributed by atoms with Crippen LogP contribution in [0.4, 0.5) is 0 Å². The van der Waals surface area contributed by atoms with Gasteiger partial charge in [0, 0.05) is 19.3 Å². The van der Waals surface area contributed by atoms with Gasteiger partial charge in [-0.25, -0.2) is 0 Å². The Morgan fingerprint density at radius 1 is 0.333 bits per heavy atom. The van der Waals surface area contributed by atoms with E-state index in [4.69, 9.17) is 14.2 Å². The number of unbranched alkanes of at least 4 members (excludes halogenated alkanes) is 35. The predicted molar refractivity (Wildman–Crippen MR) is 270 cm³/mol. The Balaban J connectivity index is 4.28. The molecule has 0 amide bonds. The van der Waals surface area contributed by atoms with Crippen LogP contribution in [0.2, 0.25) is 0 Å². The first-order valence-corrected chi connectivity index (χ1v) is 28.3. The van der Waals surface area contributed by atoms with Crippen LogP contribution in [-0.4, -0.2) is 37.2 Å². The van der Waals surface area contributed by atoms with Gasteiger partial charge in [-0.2, -0.15) is 0 Å². The first-order valence-electron chi connectivity index (χ1n) is 28.3. The summed E-state index contributed by atoms with van der Waals surface area (Å²) in [4.78, 5) is 38.1. The Bertz CT molecular complexity index is 964. The van der Waals surface area contributed by atoms with Crippen molar-refractivity contribution in [3.8, 4) is 0 Å². The average Bonchev–Trinajstić information content (AvgIpc) is 3.27. The fraction of sp³-hybridized carbons (Fsp3) is 0.947. The quantitative estimate of drug-likeness (QED) is 0.0344. The number of carbonyl (C=O) groups is 3. The molecule has 0 heterocycles. The molecule has 0 bridgehead atoms. The molecular formula is C57H110O6. The summed E-state index contributed by atoms with van der Waals surface area (Å²) in [6, 6.07) is 0. The van der Waals surface area contributed by atoms with Crippen LogP contribution in [-0.2, 0) is 28.6 Å². The molecule has 0 aliphatic heterocycles. The Kier molecular flexibility index (Phi) is 48.6. The molecule has 0 spiro atoms. The molecule has 0 aliphatic carbocycles. The molecule has 0 aromatic carbocycles. The molecule has 0 aliphatic rings. The van der Waals surface area contributed by atoms with E-state index in [1.54, 1.807) is 0 Å². The van der Waals surface area contributed by atoms with Gasteiger partial charge in [0.25, 0.3) is 0 Å². The van der Waals surface area contributed by atoms with Gasteiger partial charge in [0.05, 0.1) is 0 Å². The Morgan fingerprint density at radius 2 is 0.603 bits per heavy atom. The zero-order chi connectivity index (χ0) is 46.1. The van der Waals surface area contributed by atoms with Crippen LogP contribution in [0, 0.1) is 11.8 Å². The van der Waals surface area contributed by atoms with Gasteiger partial charge in [0.1, 0.15) is 13.2 Å². The first kappa shape index (κ1) is 61.4. The maximum absolute atomic E-state index is 12.8. The van der Waals surface area contributed by atoms with Crippen molar-refractivity contribution in [2.75, 3.05) is 13.2 Å². The number of esters is 3. The van der Waals surface area contributed by atoms with E-state index in [2.05, 4.69) is 34.6 Å². The minimum absolute atomic E-state index is 0.0633. The molecule has 0 N–H and O–H groups in total. The number of hydrogen-bond acceptors (Lipinski definition) is 6. The van der Waals surface area contributed by atoms with Gasteiger partial charge in [0.15, 0.2) is 6.10 Å². The second-order valence-corrected chi connectivity index (χ2v) is 20.3. The van der Waals surface area contributed by atoms with E-state index in [0.717, 1.165) is 69.6 Å². The van der Waals surface area contributed by atoms with Crippen LogP contribution in [0.15, 0.2) is 0 Å². The SMILES string of the molecule is CCCCCCCCCCCCCCCCCCC(=O)OC[C@H](COC(=O)CCCCCCCCCCCCCCCCC(C)C)OC(=O)CCCCCCCCCCC(C)CC. The van der Waals surface area contributed by atoms with E-state index in [0.29, 0.717) is 19.3 Å².